The highest BCUT2D eigenvalue weighted by Crippen LogP contribution is 2.30. The fraction of sp³-hybridized carbons (Fsp3) is 0.308. The summed E-state index contributed by atoms with van der Waals surface area (Å²) in [4.78, 5) is 35.7. The molecule has 0 spiro atoms. The number of urea groups is 1. The largest absolute Gasteiger partial charge is 0.435 e. The van der Waals surface area contributed by atoms with Gasteiger partial charge in [-0.25, -0.2) is 4.79 Å². The Morgan fingerprint density at radius 2 is 1.95 bits per heavy atom. The summed E-state index contributed by atoms with van der Waals surface area (Å²) in [6.07, 6.45) is 0. The minimum Gasteiger partial charge on any atom is -0.435 e. The average Bonchev–Trinajstić information content (AvgIpc) is 2.63. The lowest BCUT2D eigenvalue weighted by atomic mass is 9.92. The normalized spacial score (nSPS) is 21.2. The maximum Gasteiger partial charge on any atom is 0.387 e. The molecule has 1 heterocycles. The highest BCUT2D eigenvalue weighted by atomic mass is 19.3. The van der Waals surface area contributed by atoms with Crippen LogP contribution in [0.2, 0.25) is 0 Å². The van der Waals surface area contributed by atoms with Crippen LogP contribution in [0.3, 0.4) is 0 Å². The molecule has 1 aromatic rings. The Morgan fingerprint density at radius 3 is 2.45 bits per heavy atom. The van der Waals surface area contributed by atoms with E-state index in [-0.39, 0.29) is 5.75 Å². The number of nitrogens with one attached hydrogen (secondary N) is 1. The molecule has 1 unspecified atom stereocenters. The Balaban J connectivity index is 2.25. The summed E-state index contributed by atoms with van der Waals surface area (Å²) in [6.45, 7) is -2.05. The molecule has 0 saturated carbocycles. The predicted octanol–water partition coefficient (Wildman–Crippen LogP) is 0.540. The molecule has 2 rings (SSSR count). The van der Waals surface area contributed by atoms with Crippen LogP contribution in [0.25, 0.3) is 0 Å². The average molecular weight is 313 g/mol. The van der Waals surface area contributed by atoms with Gasteiger partial charge in [-0.05, 0) is 24.6 Å². The molecule has 9 heteroatoms. The van der Waals surface area contributed by atoms with Gasteiger partial charge in [-0.3, -0.25) is 14.5 Å². The second-order valence-electron chi connectivity index (χ2n) is 4.82. The summed E-state index contributed by atoms with van der Waals surface area (Å²) in [7, 11) is 0. The Morgan fingerprint density at radius 1 is 1.36 bits per heavy atom. The molecule has 0 bridgehead atoms. The first-order valence-corrected chi connectivity index (χ1v) is 6.22. The van der Waals surface area contributed by atoms with Crippen LogP contribution in [-0.2, 0) is 15.1 Å². The van der Waals surface area contributed by atoms with Crippen molar-refractivity contribution in [2.75, 3.05) is 6.54 Å². The first-order valence-electron chi connectivity index (χ1n) is 6.22. The molecule has 7 nitrogen and oxygen atoms in total. The van der Waals surface area contributed by atoms with Crippen molar-refractivity contribution in [1.29, 1.82) is 0 Å². The van der Waals surface area contributed by atoms with E-state index in [1.807, 2.05) is 0 Å². The lowest BCUT2D eigenvalue weighted by Crippen LogP contribution is -2.42. The number of carbonyl (C=O) groups is 3. The second kappa shape index (κ2) is 5.58. The van der Waals surface area contributed by atoms with Gasteiger partial charge >= 0.3 is 12.6 Å². The molecule has 0 aliphatic carbocycles. The van der Waals surface area contributed by atoms with Gasteiger partial charge in [-0.2, -0.15) is 8.78 Å². The molecule has 0 aromatic heterocycles. The summed E-state index contributed by atoms with van der Waals surface area (Å²) in [6, 6.07) is 4.51. The summed E-state index contributed by atoms with van der Waals surface area (Å²) >= 11 is 0. The smallest absolute Gasteiger partial charge is 0.387 e. The van der Waals surface area contributed by atoms with Gasteiger partial charge in [0.1, 0.15) is 17.8 Å². The number of hydrogen-bond donors (Lipinski definition) is 2. The fourth-order valence-electron chi connectivity index (χ4n) is 2.16. The zero-order chi connectivity index (χ0) is 16.5. The highest BCUT2D eigenvalue weighted by molar-refractivity contribution is 6.09. The Kier molecular flexibility index (Phi) is 3.98. The minimum absolute atomic E-state index is 0.0758. The number of halogens is 2. The van der Waals surface area contributed by atoms with Crippen LogP contribution in [-0.4, -0.2) is 35.9 Å². The lowest BCUT2D eigenvalue weighted by molar-refractivity contribution is -0.134. The van der Waals surface area contributed by atoms with Crippen molar-refractivity contribution in [1.82, 2.24) is 10.2 Å². The van der Waals surface area contributed by atoms with Gasteiger partial charge in [0.05, 0.1) is 0 Å². The van der Waals surface area contributed by atoms with E-state index in [1.54, 1.807) is 0 Å². The molecule has 1 aliphatic rings. The molecule has 0 radical (unpaired) electrons. The maximum absolute atomic E-state index is 12.3. The van der Waals surface area contributed by atoms with Crippen molar-refractivity contribution in [3.8, 4) is 5.75 Å². The molecule has 1 aliphatic heterocycles. The van der Waals surface area contributed by atoms with E-state index in [2.05, 4.69) is 10.1 Å². The zero-order valence-corrected chi connectivity index (χ0v) is 11.5. The number of ether oxygens (including phenoxy) is 1. The van der Waals surface area contributed by atoms with Crippen molar-refractivity contribution in [3.63, 3.8) is 0 Å². The highest BCUT2D eigenvalue weighted by Gasteiger charge is 2.49. The molecule has 1 aromatic carbocycles. The van der Waals surface area contributed by atoms with Crippen LogP contribution < -0.4 is 15.8 Å². The first kappa shape index (κ1) is 15.7. The summed E-state index contributed by atoms with van der Waals surface area (Å²) in [5, 5.41) is 2.45. The maximum atomic E-state index is 12.3. The lowest BCUT2D eigenvalue weighted by Gasteiger charge is -2.22. The van der Waals surface area contributed by atoms with E-state index >= 15 is 0 Å². The van der Waals surface area contributed by atoms with E-state index in [0.29, 0.717) is 10.5 Å². The number of nitrogens with zero attached hydrogens (tertiary/aromatic N) is 1. The van der Waals surface area contributed by atoms with Crippen LogP contribution in [0.4, 0.5) is 13.6 Å². The van der Waals surface area contributed by atoms with Gasteiger partial charge in [-0.15, -0.1) is 0 Å². The van der Waals surface area contributed by atoms with Gasteiger partial charge in [0.25, 0.3) is 5.91 Å². The summed E-state index contributed by atoms with van der Waals surface area (Å²) in [5.74, 6) is -1.56. The summed E-state index contributed by atoms with van der Waals surface area (Å²) < 4.78 is 28.4. The molecular weight excluding hydrogens is 300 g/mol. The summed E-state index contributed by atoms with van der Waals surface area (Å²) in [5.41, 5.74) is 3.94. The van der Waals surface area contributed by atoms with Crippen LogP contribution in [0.5, 0.6) is 5.75 Å². The monoisotopic (exact) mass is 313 g/mol. The number of carbonyl (C=O) groups excluding carboxylic acids is 3. The van der Waals surface area contributed by atoms with Crippen molar-refractivity contribution < 1.29 is 27.9 Å². The number of nitrogens with two attached hydrogens (primary N) is 1. The number of imide groups is 1. The van der Waals surface area contributed by atoms with Crippen LogP contribution in [0.15, 0.2) is 24.3 Å². The van der Waals surface area contributed by atoms with E-state index < -0.39 is 36.5 Å². The number of primary amides is 1. The topological polar surface area (TPSA) is 102 Å². The zero-order valence-electron chi connectivity index (χ0n) is 11.5. The number of benzene rings is 1. The van der Waals surface area contributed by atoms with Gasteiger partial charge in [0.2, 0.25) is 5.91 Å². The van der Waals surface area contributed by atoms with Gasteiger partial charge in [0, 0.05) is 0 Å². The molecule has 1 saturated heterocycles. The van der Waals surface area contributed by atoms with Crippen molar-refractivity contribution in [3.05, 3.63) is 29.8 Å². The quantitative estimate of drug-likeness (QED) is 0.775. The number of rotatable bonds is 5. The molecular formula is C13H13F2N3O4. The van der Waals surface area contributed by atoms with Crippen molar-refractivity contribution in [2.45, 2.75) is 19.1 Å². The van der Waals surface area contributed by atoms with Crippen LogP contribution >= 0.6 is 0 Å². The molecule has 118 valence electrons. The SMILES string of the molecule is CC1(c2ccc(OC(F)F)cc2)NC(=O)N(CC(N)=O)C1=O. The van der Waals surface area contributed by atoms with Crippen LogP contribution in [0, 0.1) is 0 Å². The third-order valence-electron chi connectivity index (χ3n) is 3.25. The van der Waals surface area contributed by atoms with Crippen molar-refractivity contribution >= 4 is 17.8 Å². The van der Waals surface area contributed by atoms with Crippen molar-refractivity contribution in [2.24, 2.45) is 5.73 Å². The molecule has 22 heavy (non-hydrogen) atoms. The van der Waals surface area contributed by atoms with Gasteiger partial charge in [0.15, 0.2) is 0 Å². The fourth-order valence-corrected chi connectivity index (χ4v) is 2.16. The Hall–Kier alpha value is -2.71. The van der Waals surface area contributed by atoms with E-state index in [1.165, 1.54) is 31.2 Å². The minimum atomic E-state index is -2.96. The Labute approximate surface area is 124 Å². The molecule has 1 fully saturated rings. The molecule has 4 amide bonds. The van der Waals surface area contributed by atoms with E-state index in [4.69, 9.17) is 5.73 Å². The van der Waals surface area contributed by atoms with E-state index in [9.17, 15) is 23.2 Å². The van der Waals surface area contributed by atoms with E-state index in [0.717, 1.165) is 0 Å². The second-order valence-corrected chi connectivity index (χ2v) is 4.82. The number of hydrogen-bond acceptors (Lipinski definition) is 4. The molecule has 3 N–H and O–H groups in total. The standard InChI is InChI=1S/C13H13F2N3O4/c1-13(7-2-4-8(5-3-7)22-11(14)15)10(20)18(6-9(16)19)12(21)17-13/h2-5,11H,6H2,1H3,(H2,16,19)(H,17,21). The molecule has 1 atom stereocenters. The third kappa shape index (κ3) is 2.83. The van der Waals surface area contributed by atoms with Gasteiger partial charge in [-0.1, -0.05) is 12.1 Å². The third-order valence-corrected chi connectivity index (χ3v) is 3.25. The number of alkyl halides is 2. The first-order chi connectivity index (χ1) is 10.2. The number of amides is 4. The Bertz CT molecular complexity index is 620. The van der Waals surface area contributed by atoms with Gasteiger partial charge < -0.3 is 15.8 Å². The predicted molar refractivity (Wildman–Crippen MR) is 69.9 cm³/mol. The van der Waals surface area contributed by atoms with Crippen LogP contribution in [0.1, 0.15) is 12.5 Å².